The fraction of sp³-hybridized carbons (Fsp3) is 0.500. The SMILES string of the molecule is CCC(CC(N)=S)NS(=O)(=O)c1cn[nH]c1. The van der Waals surface area contributed by atoms with Crippen LogP contribution >= 0.6 is 12.2 Å². The van der Waals surface area contributed by atoms with E-state index in [1.807, 2.05) is 6.92 Å². The molecule has 0 aromatic carbocycles. The van der Waals surface area contributed by atoms with E-state index in [-0.39, 0.29) is 10.9 Å². The maximum absolute atomic E-state index is 11.8. The Kier molecular flexibility index (Phi) is 4.39. The van der Waals surface area contributed by atoms with E-state index in [0.717, 1.165) is 0 Å². The first-order chi connectivity index (χ1) is 7.45. The second-order valence-corrected chi connectivity index (χ2v) is 5.57. The monoisotopic (exact) mass is 262 g/mol. The Hall–Kier alpha value is -0.990. The third-order valence-electron chi connectivity index (χ3n) is 2.05. The van der Waals surface area contributed by atoms with Crippen LogP contribution < -0.4 is 10.5 Å². The third-order valence-corrected chi connectivity index (χ3v) is 3.70. The van der Waals surface area contributed by atoms with E-state index in [1.54, 1.807) is 0 Å². The summed E-state index contributed by atoms with van der Waals surface area (Å²) in [5.74, 6) is 0. The molecule has 16 heavy (non-hydrogen) atoms. The summed E-state index contributed by atoms with van der Waals surface area (Å²) < 4.78 is 26.1. The van der Waals surface area contributed by atoms with Crippen molar-refractivity contribution in [1.82, 2.24) is 14.9 Å². The molecule has 1 unspecified atom stereocenters. The fourth-order valence-electron chi connectivity index (χ4n) is 1.19. The van der Waals surface area contributed by atoms with Crippen LogP contribution in [-0.4, -0.2) is 29.6 Å². The second kappa shape index (κ2) is 5.37. The highest BCUT2D eigenvalue weighted by atomic mass is 32.2. The number of hydrogen-bond donors (Lipinski definition) is 3. The Morgan fingerprint density at radius 1 is 1.75 bits per heavy atom. The summed E-state index contributed by atoms with van der Waals surface area (Å²) >= 11 is 4.75. The lowest BCUT2D eigenvalue weighted by molar-refractivity contribution is 0.546. The average molecular weight is 262 g/mol. The Morgan fingerprint density at radius 3 is 2.88 bits per heavy atom. The molecule has 1 atom stereocenters. The van der Waals surface area contributed by atoms with Crippen molar-refractivity contribution >= 4 is 27.2 Å². The smallest absolute Gasteiger partial charge is 0.243 e. The molecule has 1 rings (SSSR count). The number of rotatable bonds is 6. The van der Waals surface area contributed by atoms with Gasteiger partial charge < -0.3 is 5.73 Å². The van der Waals surface area contributed by atoms with Gasteiger partial charge in [0.05, 0.1) is 11.2 Å². The number of nitrogens with one attached hydrogen (secondary N) is 2. The van der Waals surface area contributed by atoms with Crippen molar-refractivity contribution < 1.29 is 8.42 Å². The molecule has 0 saturated heterocycles. The molecule has 6 nitrogen and oxygen atoms in total. The molecule has 0 fully saturated rings. The van der Waals surface area contributed by atoms with Gasteiger partial charge in [-0.15, -0.1) is 0 Å². The molecular formula is C8H14N4O2S2. The second-order valence-electron chi connectivity index (χ2n) is 3.33. The topological polar surface area (TPSA) is 101 Å². The van der Waals surface area contributed by atoms with Crippen molar-refractivity contribution in [3.63, 3.8) is 0 Å². The Bertz CT molecular complexity index is 441. The molecule has 0 aliphatic rings. The minimum absolute atomic E-state index is 0.105. The summed E-state index contributed by atoms with van der Waals surface area (Å²) in [4.78, 5) is 0.399. The van der Waals surface area contributed by atoms with Crippen LogP contribution in [0.3, 0.4) is 0 Å². The van der Waals surface area contributed by atoms with Crippen LogP contribution in [0.25, 0.3) is 0 Å². The highest BCUT2D eigenvalue weighted by molar-refractivity contribution is 7.89. The minimum Gasteiger partial charge on any atom is -0.393 e. The van der Waals surface area contributed by atoms with Gasteiger partial charge in [-0.3, -0.25) is 5.10 Å². The van der Waals surface area contributed by atoms with Crippen LogP contribution in [0.15, 0.2) is 17.3 Å². The van der Waals surface area contributed by atoms with Crippen LogP contribution in [0.2, 0.25) is 0 Å². The van der Waals surface area contributed by atoms with Gasteiger partial charge in [-0.2, -0.15) is 5.10 Å². The number of H-pyrrole nitrogens is 1. The number of aromatic nitrogens is 2. The molecular weight excluding hydrogens is 248 g/mol. The molecule has 8 heteroatoms. The molecule has 0 bridgehead atoms. The van der Waals surface area contributed by atoms with Crippen molar-refractivity contribution in [3.8, 4) is 0 Å². The largest absolute Gasteiger partial charge is 0.393 e. The summed E-state index contributed by atoms with van der Waals surface area (Å²) in [5.41, 5.74) is 5.38. The molecule has 0 aliphatic heterocycles. The summed E-state index contributed by atoms with van der Waals surface area (Å²) in [5, 5.41) is 6.04. The highest BCUT2D eigenvalue weighted by Gasteiger charge is 2.20. The fourth-order valence-corrected chi connectivity index (χ4v) is 2.61. The standard InChI is InChI=1S/C8H14N4O2S2/c1-2-6(3-8(9)15)12-16(13,14)7-4-10-11-5-7/h4-6,12H,2-3H2,1H3,(H2,9,15)(H,10,11). The number of nitrogens with zero attached hydrogens (tertiary/aromatic N) is 1. The van der Waals surface area contributed by atoms with E-state index in [4.69, 9.17) is 18.0 Å². The first-order valence-corrected chi connectivity index (χ1v) is 6.64. The van der Waals surface area contributed by atoms with Crippen molar-refractivity contribution in [3.05, 3.63) is 12.4 Å². The summed E-state index contributed by atoms with van der Waals surface area (Å²) in [6.45, 7) is 1.86. The quantitative estimate of drug-likeness (QED) is 0.633. The van der Waals surface area contributed by atoms with E-state index in [0.29, 0.717) is 17.8 Å². The van der Waals surface area contributed by atoms with E-state index >= 15 is 0 Å². The first-order valence-electron chi connectivity index (χ1n) is 4.75. The molecule has 90 valence electrons. The number of aromatic amines is 1. The maximum Gasteiger partial charge on any atom is 0.243 e. The zero-order chi connectivity index (χ0) is 12.2. The molecule has 1 aromatic rings. The van der Waals surface area contributed by atoms with Crippen LogP contribution in [0.5, 0.6) is 0 Å². The molecule has 0 radical (unpaired) electrons. The number of nitrogens with two attached hydrogens (primary N) is 1. The van der Waals surface area contributed by atoms with E-state index in [9.17, 15) is 8.42 Å². The highest BCUT2D eigenvalue weighted by Crippen LogP contribution is 2.08. The van der Waals surface area contributed by atoms with Crippen molar-refractivity contribution in [2.45, 2.75) is 30.7 Å². The van der Waals surface area contributed by atoms with Gasteiger partial charge >= 0.3 is 0 Å². The summed E-state index contributed by atoms with van der Waals surface area (Å²) in [7, 11) is -3.53. The zero-order valence-corrected chi connectivity index (χ0v) is 10.4. The van der Waals surface area contributed by atoms with Crippen LogP contribution in [-0.2, 0) is 10.0 Å². The normalized spacial score (nSPS) is 13.6. The van der Waals surface area contributed by atoms with Gasteiger partial charge in [-0.05, 0) is 6.42 Å². The molecule has 0 aliphatic carbocycles. The lowest BCUT2D eigenvalue weighted by atomic mass is 10.2. The van der Waals surface area contributed by atoms with Crippen molar-refractivity contribution in [2.24, 2.45) is 5.73 Å². The Morgan fingerprint density at radius 2 is 2.44 bits per heavy atom. The predicted octanol–water partition coefficient (Wildman–Crippen LogP) is 0.143. The molecule has 0 amide bonds. The van der Waals surface area contributed by atoms with Gasteiger partial charge in [-0.1, -0.05) is 19.1 Å². The predicted molar refractivity (Wildman–Crippen MR) is 64.4 cm³/mol. The number of sulfonamides is 1. The van der Waals surface area contributed by atoms with Gasteiger partial charge in [0.25, 0.3) is 0 Å². The number of hydrogen-bond acceptors (Lipinski definition) is 4. The van der Waals surface area contributed by atoms with Crippen molar-refractivity contribution in [1.29, 1.82) is 0 Å². The lowest BCUT2D eigenvalue weighted by Gasteiger charge is -2.15. The summed E-state index contributed by atoms with van der Waals surface area (Å²) in [6.07, 6.45) is 3.53. The molecule has 4 N–H and O–H groups in total. The molecule has 0 spiro atoms. The zero-order valence-electron chi connectivity index (χ0n) is 8.80. The Labute approximate surface area is 99.7 Å². The third kappa shape index (κ3) is 3.54. The van der Waals surface area contributed by atoms with Gasteiger partial charge in [0, 0.05) is 18.7 Å². The maximum atomic E-state index is 11.8. The Balaban J connectivity index is 2.75. The van der Waals surface area contributed by atoms with E-state index in [2.05, 4.69) is 14.9 Å². The van der Waals surface area contributed by atoms with E-state index in [1.165, 1.54) is 12.4 Å². The van der Waals surface area contributed by atoms with Gasteiger partial charge in [-0.25, -0.2) is 13.1 Å². The van der Waals surface area contributed by atoms with Crippen molar-refractivity contribution in [2.75, 3.05) is 0 Å². The van der Waals surface area contributed by atoms with Gasteiger partial charge in [0.2, 0.25) is 10.0 Å². The van der Waals surface area contributed by atoms with Gasteiger partial charge in [0.15, 0.2) is 0 Å². The average Bonchev–Trinajstić information content (AvgIpc) is 2.68. The van der Waals surface area contributed by atoms with Crippen LogP contribution in [0, 0.1) is 0 Å². The van der Waals surface area contributed by atoms with Gasteiger partial charge in [0.1, 0.15) is 4.90 Å². The minimum atomic E-state index is -3.53. The lowest BCUT2D eigenvalue weighted by Crippen LogP contribution is -2.36. The molecule has 1 aromatic heterocycles. The van der Waals surface area contributed by atoms with Crippen LogP contribution in [0.4, 0.5) is 0 Å². The van der Waals surface area contributed by atoms with E-state index < -0.39 is 10.0 Å². The summed E-state index contributed by atoms with van der Waals surface area (Å²) in [6, 6.07) is -0.280. The van der Waals surface area contributed by atoms with Crippen LogP contribution in [0.1, 0.15) is 19.8 Å². The first kappa shape index (κ1) is 13.1. The molecule has 1 heterocycles. The molecule has 0 saturated carbocycles. The number of thiocarbonyl (C=S) groups is 1.